The van der Waals surface area contributed by atoms with Gasteiger partial charge in [-0.05, 0) is 80.6 Å². The summed E-state index contributed by atoms with van der Waals surface area (Å²) in [5.41, 5.74) is 0. The number of allylic oxidation sites excluding steroid dienone is 1. The molecule has 0 radical (unpaired) electrons. The van der Waals surface area contributed by atoms with Crippen molar-refractivity contribution in [1.82, 2.24) is 0 Å². The lowest BCUT2D eigenvalue weighted by Gasteiger charge is -2.33. The molecule has 1 aliphatic carbocycles. The topological polar surface area (TPSA) is 18.5 Å². The van der Waals surface area contributed by atoms with Gasteiger partial charge in [0.25, 0.3) is 0 Å². The molecule has 4 aromatic carbocycles. The number of hydrogen-bond acceptors (Lipinski definition) is 2. The van der Waals surface area contributed by atoms with Crippen molar-refractivity contribution >= 4 is 37.1 Å². The van der Waals surface area contributed by atoms with E-state index in [0.717, 1.165) is 19.2 Å². The average Bonchev–Trinajstić information content (AvgIpc) is 3.19. The molecule has 4 aromatic rings. The predicted octanol–water partition coefficient (Wildman–Crippen LogP) is 6.92. The van der Waals surface area contributed by atoms with Gasteiger partial charge in [0, 0.05) is 0 Å². The van der Waals surface area contributed by atoms with Gasteiger partial charge in [-0.1, -0.05) is 127 Å². The fourth-order valence-corrected chi connectivity index (χ4v) is 11.5. The van der Waals surface area contributed by atoms with Crippen molar-refractivity contribution < 1.29 is 9.47 Å². The molecule has 198 valence electrons. The molecule has 39 heavy (non-hydrogen) atoms. The maximum absolute atomic E-state index is 6.72. The van der Waals surface area contributed by atoms with Crippen molar-refractivity contribution in [3.8, 4) is 0 Å². The van der Waals surface area contributed by atoms with Gasteiger partial charge < -0.3 is 9.47 Å². The highest BCUT2D eigenvalue weighted by Gasteiger charge is 2.45. The quantitative estimate of drug-likeness (QED) is 0.233. The Bertz CT molecular complexity index is 1290. The Morgan fingerprint density at radius 3 is 1.62 bits per heavy atom. The summed E-state index contributed by atoms with van der Waals surface area (Å²) in [4.78, 5) is 0. The molecule has 3 atom stereocenters. The van der Waals surface area contributed by atoms with Crippen LogP contribution in [-0.4, -0.2) is 24.7 Å². The molecule has 2 aliphatic rings. The molecule has 6 rings (SSSR count). The van der Waals surface area contributed by atoms with E-state index in [4.69, 9.17) is 9.47 Å². The molecule has 0 spiro atoms. The van der Waals surface area contributed by atoms with Crippen LogP contribution in [-0.2, 0) is 9.47 Å². The zero-order valence-corrected chi connectivity index (χ0v) is 24.5. The van der Waals surface area contributed by atoms with Crippen molar-refractivity contribution in [2.24, 2.45) is 11.8 Å². The van der Waals surface area contributed by atoms with Crippen molar-refractivity contribution in [2.75, 3.05) is 12.8 Å². The van der Waals surface area contributed by atoms with E-state index in [9.17, 15) is 0 Å². The van der Waals surface area contributed by atoms with E-state index >= 15 is 0 Å². The largest absolute Gasteiger partial charge is 0.350 e. The second-order valence-electron chi connectivity index (χ2n) is 10.8. The third kappa shape index (κ3) is 5.96. The van der Waals surface area contributed by atoms with Crippen molar-refractivity contribution in [3.63, 3.8) is 0 Å². The van der Waals surface area contributed by atoms with Crippen LogP contribution in [0.4, 0.5) is 0 Å². The Morgan fingerprint density at radius 1 is 0.667 bits per heavy atom. The highest BCUT2D eigenvalue weighted by atomic mass is 31.1. The average molecular weight is 551 g/mol. The van der Waals surface area contributed by atoms with Crippen molar-refractivity contribution in [3.05, 3.63) is 133 Å². The molecule has 1 aliphatic heterocycles. The first-order valence-corrected chi connectivity index (χ1v) is 16.8. The van der Waals surface area contributed by atoms with E-state index < -0.39 is 21.6 Å². The Morgan fingerprint density at radius 2 is 1.13 bits per heavy atom. The minimum atomic E-state index is -0.685. The second-order valence-corrected chi connectivity index (χ2v) is 15.2. The summed E-state index contributed by atoms with van der Waals surface area (Å²) in [6.07, 6.45) is 4.68. The molecule has 0 N–H and O–H groups in total. The van der Waals surface area contributed by atoms with Crippen LogP contribution in [0.1, 0.15) is 20.3 Å². The highest BCUT2D eigenvalue weighted by molar-refractivity contribution is 7.77. The van der Waals surface area contributed by atoms with Gasteiger partial charge in [0.1, 0.15) is 0 Å². The van der Waals surface area contributed by atoms with E-state index in [0.29, 0.717) is 11.8 Å². The Labute approximate surface area is 235 Å². The summed E-state index contributed by atoms with van der Waals surface area (Å²) in [5, 5.41) is 7.26. The third-order valence-electron chi connectivity index (χ3n) is 7.78. The van der Waals surface area contributed by atoms with E-state index in [1.807, 2.05) is 0 Å². The van der Waals surface area contributed by atoms with Crippen molar-refractivity contribution in [2.45, 2.75) is 32.2 Å². The van der Waals surface area contributed by atoms with Crippen LogP contribution in [0.5, 0.6) is 0 Å². The monoisotopic (exact) mass is 550 g/mol. The van der Waals surface area contributed by atoms with Crippen LogP contribution >= 0.6 is 15.8 Å². The van der Waals surface area contributed by atoms with Gasteiger partial charge >= 0.3 is 0 Å². The molecule has 1 heterocycles. The van der Waals surface area contributed by atoms with Crippen LogP contribution in [0.3, 0.4) is 0 Å². The maximum Gasteiger partial charge on any atom is 0.163 e. The first-order valence-electron chi connectivity index (χ1n) is 13.9. The molecule has 0 amide bonds. The van der Waals surface area contributed by atoms with E-state index in [1.165, 1.54) is 21.2 Å². The predicted molar refractivity (Wildman–Crippen MR) is 168 cm³/mol. The fraction of sp³-hybridized carbons (Fsp3) is 0.257. The number of benzene rings is 4. The lowest BCUT2D eigenvalue weighted by atomic mass is 9.92. The Kier molecular flexibility index (Phi) is 8.10. The SMILES string of the molecule is CC1(C)OCCC2C(C=C(P(c3ccccc3)c3ccccc3)C2CP(c2ccccc2)c2ccccc2)O1. The summed E-state index contributed by atoms with van der Waals surface area (Å²) in [7, 11) is -1.23. The summed E-state index contributed by atoms with van der Waals surface area (Å²) in [6.45, 7) is 4.86. The van der Waals surface area contributed by atoms with Gasteiger partial charge in [-0.2, -0.15) is 0 Å². The molecule has 1 saturated heterocycles. The number of rotatable bonds is 7. The first-order chi connectivity index (χ1) is 19.1. The number of fused-ring (bicyclic) bond motifs is 1. The minimum absolute atomic E-state index is 0.0586. The highest BCUT2D eigenvalue weighted by Crippen LogP contribution is 2.57. The molecular formula is C35H36O2P2. The van der Waals surface area contributed by atoms with Gasteiger partial charge in [-0.15, -0.1) is 0 Å². The van der Waals surface area contributed by atoms with Gasteiger partial charge in [0.15, 0.2) is 5.79 Å². The van der Waals surface area contributed by atoms with Gasteiger partial charge in [-0.25, -0.2) is 0 Å². The summed E-state index contributed by atoms with van der Waals surface area (Å²) in [5.74, 6) is 0.226. The Hall–Kier alpha value is -2.60. The summed E-state index contributed by atoms with van der Waals surface area (Å²) >= 11 is 0. The van der Waals surface area contributed by atoms with Crippen LogP contribution < -0.4 is 21.2 Å². The fourth-order valence-electron chi connectivity index (χ4n) is 6.00. The second kappa shape index (κ2) is 11.9. The zero-order valence-electron chi connectivity index (χ0n) is 22.7. The van der Waals surface area contributed by atoms with Crippen LogP contribution in [0.25, 0.3) is 0 Å². The van der Waals surface area contributed by atoms with Crippen LogP contribution in [0, 0.1) is 11.8 Å². The molecular weight excluding hydrogens is 514 g/mol. The molecule has 3 unspecified atom stereocenters. The smallest absolute Gasteiger partial charge is 0.163 e. The molecule has 0 bridgehead atoms. The van der Waals surface area contributed by atoms with Gasteiger partial charge in [-0.3, -0.25) is 0 Å². The summed E-state index contributed by atoms with van der Waals surface area (Å²) < 4.78 is 12.9. The molecule has 4 heteroatoms. The first kappa shape index (κ1) is 26.6. The molecule has 1 fully saturated rings. The van der Waals surface area contributed by atoms with Gasteiger partial charge in [0.05, 0.1) is 12.7 Å². The third-order valence-corrected chi connectivity index (χ3v) is 13.0. The van der Waals surface area contributed by atoms with Crippen molar-refractivity contribution in [1.29, 1.82) is 0 Å². The lowest BCUT2D eigenvalue weighted by Crippen LogP contribution is -2.33. The normalized spacial score (nSPS) is 22.4. The molecule has 0 saturated carbocycles. The van der Waals surface area contributed by atoms with E-state index in [2.05, 4.69) is 141 Å². The molecule has 0 aromatic heterocycles. The lowest BCUT2D eigenvalue weighted by molar-refractivity contribution is -0.216. The van der Waals surface area contributed by atoms with E-state index in [-0.39, 0.29) is 6.10 Å². The van der Waals surface area contributed by atoms with E-state index in [1.54, 1.807) is 5.31 Å². The zero-order chi connectivity index (χ0) is 26.7. The minimum Gasteiger partial charge on any atom is -0.350 e. The summed E-state index contributed by atoms with van der Waals surface area (Å²) in [6, 6.07) is 44.5. The maximum atomic E-state index is 6.72. The number of ether oxygens (including phenoxy) is 2. The standard InChI is InChI=1S/C35H36O2P2/c1-35(2)36-24-23-31-32(26-38(27-15-7-3-8-16-27)28-17-9-4-10-18-28)34(25-33(31)37-35)39(29-19-11-5-12-20-29)30-21-13-6-14-22-30/h3-22,25,31-33H,23-24,26H2,1-2H3. The number of hydrogen-bond donors (Lipinski definition) is 0. The Balaban J connectivity index is 1.47. The van der Waals surface area contributed by atoms with Crippen LogP contribution in [0.15, 0.2) is 133 Å². The molecule has 2 nitrogen and oxygen atoms in total. The van der Waals surface area contributed by atoms with Gasteiger partial charge in [0.2, 0.25) is 0 Å². The van der Waals surface area contributed by atoms with Crippen LogP contribution in [0.2, 0.25) is 0 Å².